The summed E-state index contributed by atoms with van der Waals surface area (Å²) in [6, 6.07) is 5.23. The minimum atomic E-state index is -0.00523. The average Bonchev–Trinajstić information content (AvgIpc) is 2.04. The molecule has 1 aliphatic heterocycles. The van der Waals surface area contributed by atoms with Crippen molar-refractivity contribution >= 4 is 16.9 Å². The summed E-state index contributed by atoms with van der Waals surface area (Å²) in [5.41, 5.74) is 1.48. The van der Waals surface area contributed by atoms with Crippen molar-refractivity contribution in [1.82, 2.24) is 0 Å². The van der Waals surface area contributed by atoms with Gasteiger partial charge in [0.05, 0.1) is 5.56 Å². The molecule has 0 unspecified atom stereocenters. The number of aromatic hydroxyl groups is 1. The van der Waals surface area contributed by atoms with Crippen LogP contribution in [-0.2, 0) is 6.42 Å². The summed E-state index contributed by atoms with van der Waals surface area (Å²) in [6.07, 6.45) is 0.875. The molecule has 0 bridgehead atoms. The highest BCUT2D eigenvalue weighted by Crippen LogP contribution is 2.30. The molecular weight excluding hydrogens is 172 g/mol. The Balaban J connectivity index is 2.60. The first-order valence-electron chi connectivity index (χ1n) is 3.77. The summed E-state index contributed by atoms with van der Waals surface area (Å²) in [5, 5.41) is 9.39. The van der Waals surface area contributed by atoms with Gasteiger partial charge < -0.3 is 5.11 Å². The number of thioether (sulfide) groups is 1. The topological polar surface area (TPSA) is 37.3 Å². The fraction of sp³-hybridized carbons (Fsp3) is 0.222. The lowest BCUT2D eigenvalue weighted by atomic mass is 10.0. The molecule has 62 valence electrons. The van der Waals surface area contributed by atoms with Gasteiger partial charge in [0.25, 0.3) is 0 Å². The number of hydrogen-bond acceptors (Lipinski definition) is 3. The quantitative estimate of drug-likeness (QED) is 0.661. The van der Waals surface area contributed by atoms with Crippen LogP contribution in [0, 0.1) is 0 Å². The van der Waals surface area contributed by atoms with Gasteiger partial charge in [-0.2, -0.15) is 0 Å². The van der Waals surface area contributed by atoms with Gasteiger partial charge in [-0.15, -0.1) is 0 Å². The standard InChI is InChI=1S/C9H8O2S/c10-7-3-1-2-6-4-5-12-9(11)8(6)7/h1-3,10H,4-5H2. The highest BCUT2D eigenvalue weighted by molar-refractivity contribution is 8.14. The normalized spacial score (nSPS) is 15.8. The van der Waals surface area contributed by atoms with Crippen molar-refractivity contribution in [2.45, 2.75) is 6.42 Å². The van der Waals surface area contributed by atoms with Crippen LogP contribution in [-0.4, -0.2) is 16.0 Å². The molecule has 1 aromatic carbocycles. The first-order valence-corrected chi connectivity index (χ1v) is 4.75. The van der Waals surface area contributed by atoms with E-state index in [1.54, 1.807) is 12.1 Å². The molecule has 0 saturated heterocycles. The summed E-state index contributed by atoms with van der Waals surface area (Å²) in [4.78, 5) is 11.3. The molecule has 1 heterocycles. The van der Waals surface area contributed by atoms with E-state index in [4.69, 9.17) is 0 Å². The molecule has 0 aliphatic carbocycles. The molecule has 2 nitrogen and oxygen atoms in total. The van der Waals surface area contributed by atoms with Crippen LogP contribution in [0.4, 0.5) is 0 Å². The maximum absolute atomic E-state index is 11.3. The van der Waals surface area contributed by atoms with Crippen molar-refractivity contribution in [1.29, 1.82) is 0 Å². The number of fused-ring (bicyclic) bond motifs is 1. The number of aryl methyl sites for hydroxylation is 1. The lowest BCUT2D eigenvalue weighted by Gasteiger charge is -2.14. The fourth-order valence-corrected chi connectivity index (χ4v) is 2.24. The van der Waals surface area contributed by atoms with Crippen LogP contribution >= 0.6 is 11.8 Å². The second-order valence-electron chi connectivity index (χ2n) is 2.70. The number of carbonyl (C=O) groups is 1. The summed E-state index contributed by atoms with van der Waals surface area (Å²) in [7, 11) is 0. The van der Waals surface area contributed by atoms with E-state index in [1.807, 2.05) is 6.07 Å². The SMILES string of the molecule is O=C1SCCc2cccc(O)c21. The van der Waals surface area contributed by atoms with Crippen molar-refractivity contribution in [3.8, 4) is 5.75 Å². The van der Waals surface area contributed by atoms with Gasteiger partial charge in [0, 0.05) is 5.75 Å². The van der Waals surface area contributed by atoms with Crippen LogP contribution < -0.4 is 0 Å². The molecular formula is C9H8O2S. The van der Waals surface area contributed by atoms with E-state index in [0.717, 1.165) is 17.7 Å². The Morgan fingerprint density at radius 1 is 1.42 bits per heavy atom. The van der Waals surface area contributed by atoms with Gasteiger partial charge in [-0.3, -0.25) is 4.79 Å². The van der Waals surface area contributed by atoms with Crippen LogP contribution in [0.1, 0.15) is 15.9 Å². The number of phenolic OH excluding ortho intramolecular Hbond substituents is 1. The molecule has 0 amide bonds. The van der Waals surface area contributed by atoms with Crippen LogP contribution in [0.15, 0.2) is 18.2 Å². The monoisotopic (exact) mass is 180 g/mol. The summed E-state index contributed by atoms with van der Waals surface area (Å²) in [5.74, 6) is 0.944. The Kier molecular flexibility index (Phi) is 1.81. The van der Waals surface area contributed by atoms with Crippen molar-refractivity contribution in [2.75, 3.05) is 5.75 Å². The molecule has 12 heavy (non-hydrogen) atoms. The molecule has 0 aromatic heterocycles. The molecule has 0 spiro atoms. The zero-order valence-electron chi connectivity index (χ0n) is 6.41. The molecule has 3 heteroatoms. The first kappa shape index (κ1) is 7.68. The third-order valence-electron chi connectivity index (χ3n) is 1.94. The van der Waals surface area contributed by atoms with Crippen molar-refractivity contribution in [3.05, 3.63) is 29.3 Å². The number of benzene rings is 1. The lowest BCUT2D eigenvalue weighted by molar-refractivity contribution is 0.108. The van der Waals surface area contributed by atoms with Gasteiger partial charge >= 0.3 is 0 Å². The van der Waals surface area contributed by atoms with E-state index in [2.05, 4.69) is 0 Å². The largest absolute Gasteiger partial charge is 0.507 e. The van der Waals surface area contributed by atoms with Crippen molar-refractivity contribution in [2.24, 2.45) is 0 Å². The van der Waals surface area contributed by atoms with Gasteiger partial charge in [-0.05, 0) is 18.1 Å². The minimum absolute atomic E-state index is 0.00523. The Morgan fingerprint density at radius 2 is 2.25 bits per heavy atom. The highest BCUT2D eigenvalue weighted by Gasteiger charge is 2.20. The molecule has 1 aromatic rings. The average molecular weight is 180 g/mol. The van der Waals surface area contributed by atoms with Crippen molar-refractivity contribution < 1.29 is 9.90 Å². The van der Waals surface area contributed by atoms with E-state index >= 15 is 0 Å². The summed E-state index contributed by atoms with van der Waals surface area (Å²) in [6.45, 7) is 0. The second kappa shape index (κ2) is 2.83. The Labute approximate surface area is 74.6 Å². The summed E-state index contributed by atoms with van der Waals surface area (Å²) >= 11 is 1.28. The predicted molar refractivity (Wildman–Crippen MR) is 48.6 cm³/mol. The molecule has 2 rings (SSSR count). The van der Waals surface area contributed by atoms with Crippen LogP contribution in [0.2, 0.25) is 0 Å². The summed E-state index contributed by atoms with van der Waals surface area (Å²) < 4.78 is 0. The zero-order valence-corrected chi connectivity index (χ0v) is 7.23. The number of phenols is 1. The van der Waals surface area contributed by atoms with Gasteiger partial charge in [-0.25, -0.2) is 0 Å². The van der Waals surface area contributed by atoms with Gasteiger partial charge in [-0.1, -0.05) is 23.9 Å². The van der Waals surface area contributed by atoms with Gasteiger partial charge in [0.2, 0.25) is 5.12 Å². The maximum Gasteiger partial charge on any atom is 0.223 e. The molecule has 1 aliphatic rings. The molecule has 1 N–H and O–H groups in total. The second-order valence-corrected chi connectivity index (χ2v) is 3.76. The van der Waals surface area contributed by atoms with E-state index < -0.39 is 0 Å². The zero-order chi connectivity index (χ0) is 8.55. The van der Waals surface area contributed by atoms with Crippen LogP contribution in [0.25, 0.3) is 0 Å². The number of carbonyl (C=O) groups excluding carboxylic acids is 1. The first-order chi connectivity index (χ1) is 5.79. The number of rotatable bonds is 0. The number of hydrogen-bond donors (Lipinski definition) is 1. The highest BCUT2D eigenvalue weighted by atomic mass is 32.2. The van der Waals surface area contributed by atoms with Crippen LogP contribution in [0.5, 0.6) is 5.75 Å². The van der Waals surface area contributed by atoms with Crippen LogP contribution in [0.3, 0.4) is 0 Å². The van der Waals surface area contributed by atoms with Crippen molar-refractivity contribution in [3.63, 3.8) is 0 Å². The molecule has 0 radical (unpaired) electrons. The van der Waals surface area contributed by atoms with Gasteiger partial charge in [0.15, 0.2) is 0 Å². The Morgan fingerprint density at radius 3 is 3.00 bits per heavy atom. The Bertz CT molecular complexity index is 333. The van der Waals surface area contributed by atoms with E-state index in [-0.39, 0.29) is 10.9 Å². The van der Waals surface area contributed by atoms with Gasteiger partial charge in [0.1, 0.15) is 5.75 Å². The van der Waals surface area contributed by atoms with E-state index in [9.17, 15) is 9.90 Å². The van der Waals surface area contributed by atoms with E-state index in [1.165, 1.54) is 11.8 Å². The fourth-order valence-electron chi connectivity index (χ4n) is 1.36. The smallest absolute Gasteiger partial charge is 0.223 e. The lowest BCUT2D eigenvalue weighted by Crippen LogP contribution is -2.08. The third kappa shape index (κ3) is 1.10. The third-order valence-corrected chi connectivity index (χ3v) is 2.81. The molecule has 0 atom stereocenters. The maximum atomic E-state index is 11.3. The van der Waals surface area contributed by atoms with E-state index in [0.29, 0.717) is 5.56 Å². The molecule has 0 saturated carbocycles. The minimum Gasteiger partial charge on any atom is -0.507 e. The predicted octanol–water partition coefficient (Wildman–Crippen LogP) is 1.82. The Hall–Kier alpha value is -0.960. The molecule has 0 fully saturated rings.